The first kappa shape index (κ1) is 20.6. The average Bonchev–Trinajstić information content (AvgIpc) is 3.14. The lowest BCUT2D eigenvalue weighted by Crippen LogP contribution is -2.50. The summed E-state index contributed by atoms with van der Waals surface area (Å²) in [7, 11) is 0. The van der Waals surface area contributed by atoms with Gasteiger partial charge in [-0.1, -0.05) is 17.7 Å². The number of carbonyl (C=O) groups is 1. The highest BCUT2D eigenvalue weighted by atomic mass is 35.5. The normalized spacial score (nSPS) is 17.1. The Hall–Kier alpha value is -3.33. The molecule has 0 aliphatic carbocycles. The van der Waals surface area contributed by atoms with Crippen molar-refractivity contribution in [1.82, 2.24) is 19.1 Å². The van der Waals surface area contributed by atoms with Crippen LogP contribution in [0.2, 0.25) is 5.02 Å². The number of aromatic nitrogens is 4. The van der Waals surface area contributed by atoms with Crippen LogP contribution < -0.4 is 15.3 Å². The molecule has 1 fully saturated rings. The number of carboxylic acids is 1. The molecule has 9 nitrogen and oxygen atoms in total. The maximum atomic E-state index is 12.3. The van der Waals surface area contributed by atoms with Gasteiger partial charge in [-0.3, -0.25) is 13.9 Å². The van der Waals surface area contributed by atoms with Crippen LogP contribution in [0.4, 0.5) is 5.95 Å². The molecule has 0 bridgehead atoms. The highest BCUT2D eigenvalue weighted by Gasteiger charge is 2.40. The molecule has 1 saturated heterocycles. The van der Waals surface area contributed by atoms with Crippen LogP contribution in [0, 0.1) is 0 Å². The summed E-state index contributed by atoms with van der Waals surface area (Å²) in [6.45, 7) is 1.15. The van der Waals surface area contributed by atoms with Gasteiger partial charge in [-0.25, -0.2) is 14.8 Å². The van der Waals surface area contributed by atoms with E-state index in [-0.39, 0.29) is 12.1 Å². The van der Waals surface area contributed by atoms with E-state index in [0.717, 1.165) is 59.7 Å². The monoisotopic (exact) mass is 455 g/mol. The number of anilines is 1. The first-order valence-corrected chi connectivity index (χ1v) is 10.9. The highest BCUT2D eigenvalue weighted by Crippen LogP contribution is 2.41. The summed E-state index contributed by atoms with van der Waals surface area (Å²) < 4.78 is 8.86. The molecule has 2 aliphatic heterocycles. The topological polar surface area (TPSA) is 102 Å². The number of carboxylic acid groups (broad SMARTS) is 1. The molecule has 2 aliphatic rings. The minimum atomic E-state index is -1.08. The molecule has 10 heteroatoms. The molecular weight excluding hydrogens is 434 g/mol. The fourth-order valence-corrected chi connectivity index (χ4v) is 4.72. The lowest BCUT2D eigenvalue weighted by Gasteiger charge is -2.44. The van der Waals surface area contributed by atoms with E-state index in [4.69, 9.17) is 21.4 Å². The van der Waals surface area contributed by atoms with E-state index in [0.29, 0.717) is 11.6 Å². The molecule has 0 atom stereocenters. The standard InChI is InChI=1S/C22H22ClN5O4/c23-17-2-1-3-18-16(17)4-5-22(32-18)6-8-26(9-7-22)20-24-12-15(13-25-20)28-11-10-27(21(28)31)14-19(29)30/h1-3,10-13H,4-9,14H2,(H,29,30). The summed E-state index contributed by atoms with van der Waals surface area (Å²) >= 11 is 6.31. The van der Waals surface area contributed by atoms with E-state index in [1.807, 2.05) is 18.2 Å². The van der Waals surface area contributed by atoms with Crippen LogP contribution in [-0.4, -0.2) is 48.9 Å². The van der Waals surface area contributed by atoms with Crippen molar-refractivity contribution < 1.29 is 14.6 Å². The van der Waals surface area contributed by atoms with E-state index in [1.165, 1.54) is 17.0 Å². The maximum absolute atomic E-state index is 12.3. The van der Waals surface area contributed by atoms with Crippen molar-refractivity contribution in [3.63, 3.8) is 0 Å². The quantitative estimate of drug-likeness (QED) is 0.644. The number of hydrogen-bond donors (Lipinski definition) is 1. The Bertz CT molecular complexity index is 1210. The molecule has 32 heavy (non-hydrogen) atoms. The zero-order valence-corrected chi connectivity index (χ0v) is 18.0. The molecule has 166 valence electrons. The second-order valence-electron chi connectivity index (χ2n) is 8.20. The van der Waals surface area contributed by atoms with Crippen molar-refractivity contribution >= 4 is 23.5 Å². The number of fused-ring (bicyclic) bond motifs is 1. The van der Waals surface area contributed by atoms with Crippen molar-refractivity contribution in [2.24, 2.45) is 0 Å². The zero-order chi connectivity index (χ0) is 22.3. The summed E-state index contributed by atoms with van der Waals surface area (Å²) in [5, 5.41) is 9.65. The van der Waals surface area contributed by atoms with Crippen LogP contribution in [-0.2, 0) is 17.8 Å². The molecule has 4 heterocycles. The number of nitrogens with zero attached hydrogens (tertiary/aromatic N) is 5. The molecule has 0 unspecified atom stereocenters. The minimum absolute atomic E-state index is 0.186. The van der Waals surface area contributed by atoms with E-state index >= 15 is 0 Å². The van der Waals surface area contributed by atoms with Crippen LogP contribution >= 0.6 is 11.6 Å². The van der Waals surface area contributed by atoms with E-state index in [2.05, 4.69) is 14.9 Å². The van der Waals surface area contributed by atoms with Gasteiger partial charge >= 0.3 is 11.7 Å². The number of imidazole rings is 1. The predicted octanol–water partition coefficient (Wildman–Crippen LogP) is 2.53. The van der Waals surface area contributed by atoms with Crippen LogP contribution in [0.3, 0.4) is 0 Å². The number of hydrogen-bond acceptors (Lipinski definition) is 6. The summed E-state index contributed by atoms with van der Waals surface area (Å²) in [4.78, 5) is 34.2. The van der Waals surface area contributed by atoms with Crippen LogP contribution in [0.1, 0.15) is 24.8 Å². The summed E-state index contributed by atoms with van der Waals surface area (Å²) in [5.41, 5.74) is 0.946. The number of piperidine rings is 1. The second kappa shape index (κ2) is 7.98. The van der Waals surface area contributed by atoms with Gasteiger partial charge in [-0.05, 0) is 25.0 Å². The third-order valence-corrected chi connectivity index (χ3v) is 6.60. The highest BCUT2D eigenvalue weighted by molar-refractivity contribution is 6.31. The van der Waals surface area contributed by atoms with Gasteiger partial charge in [0.2, 0.25) is 5.95 Å². The Kier molecular flexibility index (Phi) is 5.13. The minimum Gasteiger partial charge on any atom is -0.487 e. The largest absolute Gasteiger partial charge is 0.487 e. The second-order valence-corrected chi connectivity index (χ2v) is 8.61. The van der Waals surface area contributed by atoms with Crippen LogP contribution in [0.5, 0.6) is 5.75 Å². The third kappa shape index (κ3) is 3.73. The molecule has 0 saturated carbocycles. The van der Waals surface area contributed by atoms with Gasteiger partial charge in [0.25, 0.3) is 0 Å². The number of halogens is 1. The van der Waals surface area contributed by atoms with Crippen molar-refractivity contribution in [2.45, 2.75) is 37.8 Å². The van der Waals surface area contributed by atoms with Gasteiger partial charge in [-0.15, -0.1) is 0 Å². The fraction of sp³-hybridized carbons (Fsp3) is 0.364. The molecule has 0 radical (unpaired) electrons. The van der Waals surface area contributed by atoms with Gasteiger partial charge in [0.15, 0.2) is 0 Å². The lowest BCUT2D eigenvalue weighted by molar-refractivity contribution is -0.137. The summed E-state index contributed by atoms with van der Waals surface area (Å²) in [5.74, 6) is 0.409. The summed E-state index contributed by atoms with van der Waals surface area (Å²) in [6, 6.07) is 5.81. The van der Waals surface area contributed by atoms with Crippen molar-refractivity contribution in [2.75, 3.05) is 18.0 Å². The Labute approximate surface area is 188 Å². The van der Waals surface area contributed by atoms with E-state index in [1.54, 1.807) is 12.4 Å². The number of aliphatic carboxylic acids is 1. The Morgan fingerprint density at radius 1 is 1.16 bits per heavy atom. The van der Waals surface area contributed by atoms with Crippen molar-refractivity contribution in [3.8, 4) is 11.4 Å². The molecule has 1 spiro atoms. The van der Waals surface area contributed by atoms with Gasteiger partial charge in [0.05, 0.1) is 18.1 Å². The van der Waals surface area contributed by atoms with Gasteiger partial charge in [0, 0.05) is 48.9 Å². The molecule has 1 aromatic carbocycles. The Morgan fingerprint density at radius 2 is 1.91 bits per heavy atom. The first-order valence-electron chi connectivity index (χ1n) is 10.5. The van der Waals surface area contributed by atoms with Crippen LogP contribution in [0.15, 0.2) is 47.8 Å². The number of rotatable bonds is 4. The molecule has 2 aromatic heterocycles. The first-order chi connectivity index (χ1) is 15.4. The van der Waals surface area contributed by atoms with Crippen LogP contribution in [0.25, 0.3) is 5.69 Å². The smallest absolute Gasteiger partial charge is 0.333 e. The zero-order valence-electron chi connectivity index (χ0n) is 17.3. The molecular formula is C22H22ClN5O4. The fourth-order valence-electron chi connectivity index (χ4n) is 4.46. The number of ether oxygens (including phenoxy) is 1. The van der Waals surface area contributed by atoms with Crippen molar-refractivity contribution in [1.29, 1.82) is 0 Å². The molecule has 3 aromatic rings. The van der Waals surface area contributed by atoms with Crippen molar-refractivity contribution in [3.05, 3.63) is 64.1 Å². The van der Waals surface area contributed by atoms with E-state index in [9.17, 15) is 9.59 Å². The number of benzene rings is 1. The van der Waals surface area contributed by atoms with Gasteiger partial charge < -0.3 is 14.7 Å². The van der Waals surface area contributed by atoms with Gasteiger partial charge in [-0.2, -0.15) is 0 Å². The lowest BCUT2D eigenvalue weighted by atomic mass is 9.83. The maximum Gasteiger partial charge on any atom is 0.333 e. The van der Waals surface area contributed by atoms with E-state index < -0.39 is 11.7 Å². The SMILES string of the molecule is O=C(O)Cn1ccn(-c2cnc(N3CCC4(CCc5c(Cl)cccc5O4)CC3)nc2)c1=O. The van der Waals surface area contributed by atoms with Gasteiger partial charge in [0.1, 0.15) is 17.9 Å². The molecule has 5 rings (SSSR count). The average molecular weight is 456 g/mol. The molecule has 0 amide bonds. The Morgan fingerprint density at radius 3 is 2.62 bits per heavy atom. The third-order valence-electron chi connectivity index (χ3n) is 6.25. The summed E-state index contributed by atoms with van der Waals surface area (Å²) in [6.07, 6.45) is 9.68. The predicted molar refractivity (Wildman–Crippen MR) is 118 cm³/mol. The molecule has 1 N–H and O–H groups in total. The Balaban J connectivity index is 1.27.